The molecule has 0 saturated carbocycles. The number of nitrogens with zero attached hydrogens (tertiary/aromatic N) is 3. The van der Waals surface area contributed by atoms with E-state index in [9.17, 15) is 0 Å². The van der Waals surface area contributed by atoms with Crippen LogP contribution in [-0.2, 0) is 6.42 Å². The lowest BCUT2D eigenvalue weighted by atomic mass is 10.1. The normalized spacial score (nSPS) is 12.0. The Morgan fingerprint density at radius 2 is 1.66 bits per heavy atom. The molecule has 5 rings (SSSR count). The molecule has 6 heteroatoms. The van der Waals surface area contributed by atoms with Crippen molar-refractivity contribution < 1.29 is 4.74 Å². The second kappa shape index (κ2) is 8.99. The highest BCUT2D eigenvalue weighted by Gasteiger charge is 2.12. The first-order chi connectivity index (χ1) is 15.8. The van der Waals surface area contributed by atoms with Crippen LogP contribution < -0.4 is 10.5 Å². The van der Waals surface area contributed by atoms with Crippen molar-refractivity contribution in [3.8, 4) is 28.3 Å². The molecule has 3 aromatic heterocycles. The maximum absolute atomic E-state index is 6.26. The minimum absolute atomic E-state index is 0.102. The molecule has 158 valence electrons. The summed E-state index contributed by atoms with van der Waals surface area (Å²) in [4.78, 5) is 8.93. The number of hydrogen-bond donors (Lipinski definition) is 2. The topological polar surface area (TPSA) is 89.7 Å². The zero-order valence-corrected chi connectivity index (χ0v) is 17.5. The number of H-pyrrole nitrogens is 1. The van der Waals surface area contributed by atoms with E-state index in [0.717, 1.165) is 39.8 Å². The Morgan fingerprint density at radius 1 is 0.875 bits per heavy atom. The van der Waals surface area contributed by atoms with Gasteiger partial charge in [0.2, 0.25) is 0 Å². The van der Waals surface area contributed by atoms with Crippen LogP contribution in [0.15, 0.2) is 91.4 Å². The lowest BCUT2D eigenvalue weighted by Crippen LogP contribution is -2.30. The van der Waals surface area contributed by atoms with E-state index < -0.39 is 0 Å². The van der Waals surface area contributed by atoms with Crippen molar-refractivity contribution in [1.82, 2.24) is 20.2 Å². The van der Waals surface area contributed by atoms with E-state index in [2.05, 4.69) is 32.3 Å². The Labute approximate surface area is 186 Å². The van der Waals surface area contributed by atoms with E-state index in [0.29, 0.717) is 12.4 Å². The molecule has 0 aliphatic carbocycles. The fourth-order valence-corrected chi connectivity index (χ4v) is 3.71. The highest BCUT2D eigenvalue weighted by Crippen LogP contribution is 2.29. The van der Waals surface area contributed by atoms with Gasteiger partial charge in [-0.3, -0.25) is 15.1 Å². The van der Waals surface area contributed by atoms with Crippen LogP contribution in [-0.4, -0.2) is 32.8 Å². The first kappa shape index (κ1) is 19.9. The van der Waals surface area contributed by atoms with Gasteiger partial charge in [0.15, 0.2) is 0 Å². The zero-order chi connectivity index (χ0) is 21.8. The van der Waals surface area contributed by atoms with E-state index in [-0.39, 0.29) is 6.04 Å². The molecule has 6 nitrogen and oxygen atoms in total. The van der Waals surface area contributed by atoms with Crippen LogP contribution in [0.25, 0.3) is 33.4 Å². The molecule has 3 N–H and O–H groups in total. The quantitative estimate of drug-likeness (QED) is 0.400. The molecule has 0 amide bonds. The molecule has 0 bridgehead atoms. The van der Waals surface area contributed by atoms with Gasteiger partial charge in [0.1, 0.15) is 18.1 Å². The Morgan fingerprint density at radius 3 is 2.47 bits per heavy atom. The second-order valence-electron chi connectivity index (χ2n) is 7.72. The lowest BCUT2D eigenvalue weighted by molar-refractivity contribution is 0.286. The number of nitrogens with two attached hydrogens (primary N) is 1. The van der Waals surface area contributed by atoms with Gasteiger partial charge >= 0.3 is 0 Å². The molecule has 5 aromatic rings. The molecular formula is C26H23N5O. The summed E-state index contributed by atoms with van der Waals surface area (Å²) >= 11 is 0. The average Bonchev–Trinajstić information content (AvgIpc) is 3.27. The largest absolute Gasteiger partial charge is 0.490 e. The number of pyridine rings is 2. The maximum atomic E-state index is 6.26. The third-order valence-corrected chi connectivity index (χ3v) is 5.31. The molecule has 0 spiro atoms. The molecule has 0 fully saturated rings. The van der Waals surface area contributed by atoms with Gasteiger partial charge in [-0.1, -0.05) is 60.7 Å². The predicted octanol–water partition coefficient (Wildman–Crippen LogP) is 4.64. The smallest absolute Gasteiger partial charge is 0.138 e. The van der Waals surface area contributed by atoms with Gasteiger partial charge in [-0.2, -0.15) is 5.10 Å². The van der Waals surface area contributed by atoms with Crippen molar-refractivity contribution in [3.63, 3.8) is 0 Å². The summed E-state index contributed by atoms with van der Waals surface area (Å²) in [6, 6.07) is 24.1. The molecule has 0 aliphatic rings. The lowest BCUT2D eigenvalue weighted by Gasteiger charge is -2.13. The molecule has 0 radical (unpaired) electrons. The second-order valence-corrected chi connectivity index (χ2v) is 7.72. The summed E-state index contributed by atoms with van der Waals surface area (Å²) in [6.45, 7) is 0.409. The number of ether oxygens (including phenoxy) is 1. The van der Waals surface area contributed by atoms with Gasteiger partial charge in [-0.05, 0) is 24.1 Å². The molecular weight excluding hydrogens is 398 g/mol. The number of nitrogens with one attached hydrogen (secondary N) is 1. The SMILES string of the molecule is NC(COc1cncc(-c2cc3c(-c4ccccc4)n[nH]c3cn2)c1)Cc1ccccc1. The van der Waals surface area contributed by atoms with Crippen molar-refractivity contribution in [2.45, 2.75) is 12.5 Å². The van der Waals surface area contributed by atoms with E-state index in [1.54, 1.807) is 18.6 Å². The summed E-state index contributed by atoms with van der Waals surface area (Å²) in [5, 5.41) is 8.56. The third-order valence-electron chi connectivity index (χ3n) is 5.31. The van der Waals surface area contributed by atoms with Crippen molar-refractivity contribution in [1.29, 1.82) is 0 Å². The van der Waals surface area contributed by atoms with Crippen molar-refractivity contribution in [3.05, 3.63) is 97.0 Å². The van der Waals surface area contributed by atoms with Gasteiger partial charge in [-0.15, -0.1) is 0 Å². The fourth-order valence-electron chi connectivity index (χ4n) is 3.71. The van der Waals surface area contributed by atoms with Gasteiger partial charge in [0.05, 0.1) is 23.6 Å². The van der Waals surface area contributed by atoms with E-state index in [1.165, 1.54) is 5.56 Å². The minimum atomic E-state index is -0.102. The van der Waals surface area contributed by atoms with Crippen LogP contribution >= 0.6 is 0 Å². The van der Waals surface area contributed by atoms with E-state index >= 15 is 0 Å². The van der Waals surface area contributed by atoms with Crippen LogP contribution in [0.3, 0.4) is 0 Å². The molecule has 0 saturated heterocycles. The van der Waals surface area contributed by atoms with Crippen LogP contribution in [0.2, 0.25) is 0 Å². The molecule has 0 aliphatic heterocycles. The molecule has 1 unspecified atom stereocenters. The average molecular weight is 422 g/mol. The highest BCUT2D eigenvalue weighted by molar-refractivity contribution is 5.94. The number of fused-ring (bicyclic) bond motifs is 1. The summed E-state index contributed by atoms with van der Waals surface area (Å²) in [5.41, 5.74) is 12.0. The summed E-state index contributed by atoms with van der Waals surface area (Å²) in [7, 11) is 0. The molecule has 2 aromatic carbocycles. The number of aromatic nitrogens is 4. The van der Waals surface area contributed by atoms with Crippen molar-refractivity contribution in [2.75, 3.05) is 6.61 Å². The zero-order valence-electron chi connectivity index (χ0n) is 17.5. The highest BCUT2D eigenvalue weighted by atomic mass is 16.5. The minimum Gasteiger partial charge on any atom is -0.490 e. The standard InChI is InChI=1S/C26H23N5O/c27-21(11-18-7-3-1-4-8-18)17-32-22-12-20(14-28-15-22)24-13-23-25(16-29-24)30-31-26(23)19-9-5-2-6-10-19/h1-10,12-16,21H,11,17,27H2,(H,30,31). The first-order valence-corrected chi connectivity index (χ1v) is 10.5. The Balaban J connectivity index is 1.35. The van der Waals surface area contributed by atoms with Crippen LogP contribution in [0.5, 0.6) is 5.75 Å². The molecule has 32 heavy (non-hydrogen) atoms. The van der Waals surface area contributed by atoms with Gasteiger partial charge < -0.3 is 10.5 Å². The summed E-state index contributed by atoms with van der Waals surface area (Å²) in [6.07, 6.45) is 6.04. The Kier molecular flexibility index (Phi) is 5.59. The Bertz CT molecular complexity index is 1320. The summed E-state index contributed by atoms with van der Waals surface area (Å²) < 4.78 is 5.93. The van der Waals surface area contributed by atoms with Crippen molar-refractivity contribution >= 4 is 10.9 Å². The maximum Gasteiger partial charge on any atom is 0.138 e. The molecule has 3 heterocycles. The predicted molar refractivity (Wildman–Crippen MR) is 126 cm³/mol. The molecule has 1 atom stereocenters. The van der Waals surface area contributed by atoms with Gasteiger partial charge in [0, 0.05) is 28.8 Å². The number of hydrogen-bond acceptors (Lipinski definition) is 5. The van der Waals surface area contributed by atoms with Crippen LogP contribution in [0.4, 0.5) is 0 Å². The van der Waals surface area contributed by atoms with Crippen molar-refractivity contribution in [2.24, 2.45) is 5.73 Å². The number of benzene rings is 2. The van der Waals surface area contributed by atoms with Crippen LogP contribution in [0.1, 0.15) is 5.56 Å². The monoisotopic (exact) mass is 421 g/mol. The third kappa shape index (κ3) is 4.36. The summed E-state index contributed by atoms with van der Waals surface area (Å²) in [5.74, 6) is 0.670. The fraction of sp³-hybridized carbons (Fsp3) is 0.115. The van der Waals surface area contributed by atoms with Gasteiger partial charge in [0.25, 0.3) is 0 Å². The Hall–Kier alpha value is -4.03. The van der Waals surface area contributed by atoms with E-state index in [4.69, 9.17) is 10.5 Å². The number of rotatable bonds is 7. The van der Waals surface area contributed by atoms with Gasteiger partial charge in [-0.25, -0.2) is 0 Å². The first-order valence-electron chi connectivity index (χ1n) is 10.5. The number of aromatic amines is 1. The van der Waals surface area contributed by atoms with E-state index in [1.807, 2.05) is 60.7 Å². The van der Waals surface area contributed by atoms with Crippen LogP contribution in [0, 0.1) is 0 Å².